The summed E-state index contributed by atoms with van der Waals surface area (Å²) in [5.74, 6) is -0.224. The summed E-state index contributed by atoms with van der Waals surface area (Å²) >= 11 is 2.60. The molecule has 5 nitrogen and oxygen atoms in total. The van der Waals surface area contributed by atoms with E-state index in [0.29, 0.717) is 11.4 Å². The van der Waals surface area contributed by atoms with Gasteiger partial charge in [-0.25, -0.2) is 0 Å². The van der Waals surface area contributed by atoms with E-state index in [1.54, 1.807) is 31.2 Å². The predicted molar refractivity (Wildman–Crippen MR) is 98.3 cm³/mol. The van der Waals surface area contributed by atoms with E-state index in [0.717, 1.165) is 16.6 Å². The van der Waals surface area contributed by atoms with Gasteiger partial charge in [0.15, 0.2) is 5.17 Å². The summed E-state index contributed by atoms with van der Waals surface area (Å²) in [4.78, 5) is 15.4. The Morgan fingerprint density at radius 2 is 1.92 bits per heavy atom. The number of thiophene rings is 1. The van der Waals surface area contributed by atoms with Gasteiger partial charge in [0, 0.05) is 11.4 Å². The number of likely N-dealkylation sites (N-methyl/N-ethyl adjacent to an activating group) is 1. The van der Waals surface area contributed by atoms with Crippen molar-refractivity contribution in [2.45, 2.75) is 11.8 Å². The molecular weight excluding hydrogens is 364 g/mol. The normalized spacial score (nSPS) is 18.7. The third-order valence-electron chi connectivity index (χ3n) is 3.26. The van der Waals surface area contributed by atoms with E-state index in [1.165, 1.54) is 28.4 Å². The molecule has 1 amide bonds. The highest BCUT2D eigenvalue weighted by Gasteiger charge is 2.34. The van der Waals surface area contributed by atoms with Crippen molar-refractivity contribution < 1.29 is 13.2 Å². The van der Waals surface area contributed by atoms with Gasteiger partial charge >= 0.3 is 0 Å². The fourth-order valence-corrected chi connectivity index (χ4v) is 5.09. The number of carbonyl (C=O) groups excluding carboxylic acids is 1. The molecule has 2 heterocycles. The van der Waals surface area contributed by atoms with Gasteiger partial charge in [-0.1, -0.05) is 24.3 Å². The predicted octanol–water partition coefficient (Wildman–Crippen LogP) is 3.43. The van der Waals surface area contributed by atoms with Gasteiger partial charge in [0.25, 0.3) is 15.9 Å². The first kappa shape index (κ1) is 16.9. The molecule has 0 bridgehead atoms. The molecule has 1 fully saturated rings. The van der Waals surface area contributed by atoms with Crippen LogP contribution in [0.5, 0.6) is 0 Å². The van der Waals surface area contributed by atoms with E-state index in [4.69, 9.17) is 0 Å². The fraction of sp³-hybridized carbons (Fsp3) is 0.125. The zero-order chi connectivity index (χ0) is 17.2. The van der Waals surface area contributed by atoms with Crippen LogP contribution in [0, 0.1) is 0 Å². The molecule has 0 saturated carbocycles. The highest BCUT2D eigenvalue weighted by molar-refractivity contribution is 8.19. The maximum atomic E-state index is 12.5. The molecule has 0 spiro atoms. The second kappa shape index (κ2) is 6.92. The van der Waals surface area contributed by atoms with E-state index in [2.05, 4.69) is 4.40 Å². The minimum Gasteiger partial charge on any atom is -0.286 e. The molecule has 24 heavy (non-hydrogen) atoms. The zero-order valence-electron chi connectivity index (χ0n) is 12.7. The van der Waals surface area contributed by atoms with Crippen molar-refractivity contribution in [3.8, 4) is 0 Å². The summed E-state index contributed by atoms with van der Waals surface area (Å²) in [6, 6.07) is 11.8. The number of amides is 1. The van der Waals surface area contributed by atoms with Crippen LogP contribution in [0.25, 0.3) is 6.08 Å². The number of nitrogens with zero attached hydrogens (tertiary/aromatic N) is 2. The molecule has 3 rings (SSSR count). The number of rotatable bonds is 4. The van der Waals surface area contributed by atoms with E-state index < -0.39 is 10.0 Å². The Hall–Kier alpha value is -1.90. The molecule has 0 N–H and O–H groups in total. The lowest BCUT2D eigenvalue weighted by atomic mass is 10.4. The smallest absolute Gasteiger partial charge is 0.284 e. The molecule has 1 saturated heterocycles. The minimum absolute atomic E-state index is 0.109. The number of thioether (sulfide) groups is 1. The van der Waals surface area contributed by atoms with Crippen molar-refractivity contribution in [3.05, 3.63) is 57.6 Å². The Balaban J connectivity index is 1.97. The van der Waals surface area contributed by atoms with Crippen LogP contribution in [0.4, 0.5) is 0 Å². The van der Waals surface area contributed by atoms with Crippen LogP contribution in [-0.4, -0.2) is 30.9 Å². The number of sulfonamides is 1. The lowest BCUT2D eigenvalue weighted by Crippen LogP contribution is -2.29. The number of benzene rings is 1. The van der Waals surface area contributed by atoms with E-state index >= 15 is 0 Å². The van der Waals surface area contributed by atoms with Crippen LogP contribution in [-0.2, 0) is 14.8 Å². The summed E-state index contributed by atoms with van der Waals surface area (Å²) < 4.78 is 28.7. The molecule has 0 atom stereocenters. The van der Waals surface area contributed by atoms with E-state index in [9.17, 15) is 13.2 Å². The number of carbonyl (C=O) groups is 1. The minimum atomic E-state index is -3.85. The summed E-state index contributed by atoms with van der Waals surface area (Å²) in [7, 11) is -3.85. The van der Waals surface area contributed by atoms with Gasteiger partial charge in [0.05, 0.1) is 9.80 Å². The topological polar surface area (TPSA) is 66.8 Å². The van der Waals surface area contributed by atoms with Crippen molar-refractivity contribution in [3.63, 3.8) is 0 Å². The third-order valence-corrected chi connectivity index (χ3v) is 6.48. The molecule has 1 aliphatic rings. The average Bonchev–Trinajstić information content (AvgIpc) is 3.17. The standard InChI is InChI=1S/C16H14N2O3S3/c1-2-18-15(19)14(11-12-7-6-10-22-12)23-16(18)17-24(20,21)13-8-4-3-5-9-13/h3-11H,2H2,1H3/b14-11-,17-16?. The van der Waals surface area contributed by atoms with Crippen LogP contribution >= 0.6 is 23.1 Å². The highest BCUT2D eigenvalue weighted by Crippen LogP contribution is 2.34. The zero-order valence-corrected chi connectivity index (χ0v) is 15.2. The maximum absolute atomic E-state index is 12.5. The van der Waals surface area contributed by atoms with Crippen molar-refractivity contribution in [2.24, 2.45) is 4.40 Å². The van der Waals surface area contributed by atoms with Crippen LogP contribution in [0.1, 0.15) is 11.8 Å². The van der Waals surface area contributed by atoms with Gasteiger partial charge < -0.3 is 0 Å². The van der Waals surface area contributed by atoms with Gasteiger partial charge in [-0.15, -0.1) is 15.7 Å². The van der Waals surface area contributed by atoms with Gasteiger partial charge in [-0.3, -0.25) is 9.69 Å². The first-order valence-electron chi connectivity index (χ1n) is 7.16. The second-order valence-corrected chi connectivity index (χ2v) is 8.43. The molecule has 8 heteroatoms. The van der Waals surface area contributed by atoms with Crippen LogP contribution in [0.3, 0.4) is 0 Å². The van der Waals surface area contributed by atoms with E-state index in [-0.39, 0.29) is 16.0 Å². The second-order valence-electron chi connectivity index (χ2n) is 4.84. The van der Waals surface area contributed by atoms with Crippen LogP contribution < -0.4 is 0 Å². The average molecular weight is 379 g/mol. The van der Waals surface area contributed by atoms with Crippen molar-refractivity contribution in [1.29, 1.82) is 0 Å². The van der Waals surface area contributed by atoms with E-state index in [1.807, 2.05) is 17.5 Å². The monoisotopic (exact) mass is 378 g/mol. The van der Waals surface area contributed by atoms with Gasteiger partial charge in [0.2, 0.25) is 0 Å². The summed E-state index contributed by atoms with van der Waals surface area (Å²) in [6.07, 6.45) is 1.76. The van der Waals surface area contributed by atoms with Crippen LogP contribution in [0.15, 0.2) is 62.0 Å². The first-order chi connectivity index (χ1) is 11.5. The van der Waals surface area contributed by atoms with Gasteiger partial charge in [-0.05, 0) is 48.3 Å². The first-order valence-corrected chi connectivity index (χ1v) is 10.3. The van der Waals surface area contributed by atoms with Crippen molar-refractivity contribution >= 4 is 50.3 Å². The third kappa shape index (κ3) is 3.45. The Morgan fingerprint density at radius 1 is 1.17 bits per heavy atom. The molecule has 1 aromatic heterocycles. The highest BCUT2D eigenvalue weighted by atomic mass is 32.2. The molecule has 1 aliphatic heterocycles. The quantitative estimate of drug-likeness (QED) is 0.765. The number of hydrogen-bond acceptors (Lipinski definition) is 5. The van der Waals surface area contributed by atoms with Crippen molar-refractivity contribution in [2.75, 3.05) is 6.54 Å². The molecule has 124 valence electrons. The molecule has 0 radical (unpaired) electrons. The molecular formula is C16H14N2O3S3. The largest absolute Gasteiger partial charge is 0.286 e. The Kier molecular flexibility index (Phi) is 4.88. The molecule has 2 aromatic rings. The van der Waals surface area contributed by atoms with Gasteiger partial charge in [-0.2, -0.15) is 8.42 Å². The Labute approximate surface area is 148 Å². The fourth-order valence-electron chi connectivity index (χ4n) is 2.11. The Bertz CT molecular complexity index is 901. The lowest BCUT2D eigenvalue weighted by molar-refractivity contribution is -0.122. The summed E-state index contributed by atoms with van der Waals surface area (Å²) in [5, 5.41) is 2.11. The lowest BCUT2D eigenvalue weighted by Gasteiger charge is -2.11. The molecule has 0 unspecified atom stereocenters. The van der Waals surface area contributed by atoms with Gasteiger partial charge in [0.1, 0.15) is 0 Å². The number of amidine groups is 1. The summed E-state index contributed by atoms with van der Waals surface area (Å²) in [5.41, 5.74) is 0. The van der Waals surface area contributed by atoms with Crippen LogP contribution in [0.2, 0.25) is 0 Å². The molecule has 1 aromatic carbocycles. The maximum Gasteiger partial charge on any atom is 0.284 e. The number of hydrogen-bond donors (Lipinski definition) is 0. The molecule has 0 aliphatic carbocycles. The Morgan fingerprint density at radius 3 is 2.54 bits per heavy atom. The SMILES string of the molecule is CCN1C(=O)/C(=C/c2cccs2)SC1=NS(=O)(=O)c1ccccc1. The van der Waals surface area contributed by atoms with Crippen molar-refractivity contribution in [1.82, 2.24) is 4.90 Å². The summed E-state index contributed by atoms with van der Waals surface area (Å²) in [6.45, 7) is 2.15.